The van der Waals surface area contributed by atoms with E-state index in [0.717, 1.165) is 28.3 Å². The highest BCUT2D eigenvalue weighted by Gasteiger charge is 2.17. The number of aromatic nitrogens is 2. The smallest absolute Gasteiger partial charge is 0.274 e. The highest BCUT2D eigenvalue weighted by Crippen LogP contribution is 2.20. The number of amides is 1. The number of carbonyl (C=O) groups excluding carboxylic acids is 1. The lowest BCUT2D eigenvalue weighted by Crippen LogP contribution is -2.15. The van der Waals surface area contributed by atoms with E-state index >= 15 is 0 Å². The average Bonchev–Trinajstić information content (AvgIpc) is 3.02. The fourth-order valence-electron chi connectivity index (χ4n) is 3.11. The molecule has 2 aromatic carbocycles. The Hall–Kier alpha value is -3.60. The van der Waals surface area contributed by atoms with Crippen LogP contribution in [-0.2, 0) is 0 Å². The van der Waals surface area contributed by atoms with Crippen molar-refractivity contribution in [1.82, 2.24) is 9.38 Å². The molecule has 2 aromatic heterocycles. The molecule has 0 spiro atoms. The number of hydrogen-bond donors (Lipinski definition) is 2. The van der Waals surface area contributed by atoms with Gasteiger partial charge in [0.15, 0.2) is 0 Å². The van der Waals surface area contributed by atoms with Crippen molar-refractivity contribution in [3.05, 3.63) is 89.9 Å². The van der Waals surface area contributed by atoms with E-state index in [1.165, 1.54) is 0 Å². The minimum atomic E-state index is -0.172. The van der Waals surface area contributed by atoms with E-state index in [-0.39, 0.29) is 5.91 Å². The van der Waals surface area contributed by atoms with Gasteiger partial charge in [-0.2, -0.15) is 0 Å². The summed E-state index contributed by atoms with van der Waals surface area (Å²) in [6, 6.07) is 21.5. The molecule has 2 heterocycles. The maximum absolute atomic E-state index is 12.8. The number of imidazole rings is 1. The van der Waals surface area contributed by atoms with Crippen LogP contribution in [0.1, 0.15) is 21.7 Å². The van der Waals surface area contributed by atoms with E-state index in [9.17, 15) is 4.79 Å². The zero-order chi connectivity index (χ0) is 18.8. The van der Waals surface area contributed by atoms with Crippen LogP contribution in [0.3, 0.4) is 0 Å². The molecule has 0 saturated carbocycles. The van der Waals surface area contributed by atoms with Crippen molar-refractivity contribution in [2.24, 2.45) is 0 Å². The maximum atomic E-state index is 12.8. The molecule has 0 aliphatic carbocycles. The number of carbonyl (C=O) groups is 1. The van der Waals surface area contributed by atoms with Gasteiger partial charge in [0.2, 0.25) is 0 Å². The van der Waals surface area contributed by atoms with Crippen molar-refractivity contribution in [2.45, 2.75) is 13.8 Å². The summed E-state index contributed by atoms with van der Waals surface area (Å²) in [5.41, 5.74) is 5.83. The van der Waals surface area contributed by atoms with Crippen LogP contribution < -0.4 is 10.6 Å². The Morgan fingerprint density at radius 2 is 1.52 bits per heavy atom. The van der Waals surface area contributed by atoms with E-state index in [0.29, 0.717) is 11.4 Å². The van der Waals surface area contributed by atoms with E-state index in [1.54, 1.807) is 0 Å². The Labute approximate surface area is 157 Å². The predicted octanol–water partition coefficient (Wildman–Crippen LogP) is 4.95. The Bertz CT molecular complexity index is 1100. The van der Waals surface area contributed by atoms with Crippen LogP contribution in [0, 0.1) is 13.8 Å². The first-order valence-corrected chi connectivity index (χ1v) is 8.79. The van der Waals surface area contributed by atoms with Crippen LogP contribution in [0.15, 0.2) is 72.9 Å². The van der Waals surface area contributed by atoms with Gasteiger partial charge in [-0.15, -0.1) is 0 Å². The molecule has 5 heteroatoms. The molecule has 0 aliphatic rings. The molecule has 1 amide bonds. The Morgan fingerprint density at radius 1 is 0.852 bits per heavy atom. The number of benzene rings is 2. The number of pyridine rings is 1. The Kier molecular flexibility index (Phi) is 4.34. The van der Waals surface area contributed by atoms with Crippen molar-refractivity contribution in [3.63, 3.8) is 0 Å². The van der Waals surface area contributed by atoms with Crippen LogP contribution in [-0.4, -0.2) is 15.3 Å². The first kappa shape index (κ1) is 16.8. The van der Waals surface area contributed by atoms with Gasteiger partial charge in [0, 0.05) is 23.3 Å². The minimum absolute atomic E-state index is 0.172. The third kappa shape index (κ3) is 3.40. The molecule has 0 radical (unpaired) electrons. The third-order valence-electron chi connectivity index (χ3n) is 4.44. The SMILES string of the molecule is Cc1nc2c(C)cccn2c1C(=O)Nc1ccc(Nc2ccccc2)cc1. The van der Waals surface area contributed by atoms with Gasteiger partial charge in [-0.05, 0) is 61.9 Å². The summed E-state index contributed by atoms with van der Waals surface area (Å²) in [4.78, 5) is 17.3. The van der Waals surface area contributed by atoms with Gasteiger partial charge in [-0.1, -0.05) is 24.3 Å². The minimum Gasteiger partial charge on any atom is -0.356 e. The van der Waals surface area contributed by atoms with Crippen molar-refractivity contribution in [2.75, 3.05) is 10.6 Å². The summed E-state index contributed by atoms with van der Waals surface area (Å²) >= 11 is 0. The molecular weight excluding hydrogens is 336 g/mol. The number of fused-ring (bicyclic) bond motifs is 1. The quantitative estimate of drug-likeness (QED) is 0.544. The number of anilines is 3. The summed E-state index contributed by atoms with van der Waals surface area (Å²) in [7, 11) is 0. The Morgan fingerprint density at radius 3 is 2.26 bits per heavy atom. The number of aryl methyl sites for hydroxylation is 2. The molecule has 5 nitrogen and oxygen atoms in total. The number of nitrogens with one attached hydrogen (secondary N) is 2. The van der Waals surface area contributed by atoms with Gasteiger partial charge >= 0.3 is 0 Å². The fourth-order valence-corrected chi connectivity index (χ4v) is 3.11. The van der Waals surface area contributed by atoms with Gasteiger partial charge in [0.05, 0.1) is 5.69 Å². The lowest BCUT2D eigenvalue weighted by atomic mass is 10.2. The van der Waals surface area contributed by atoms with E-state index < -0.39 is 0 Å². The lowest BCUT2D eigenvalue weighted by Gasteiger charge is -2.09. The first-order chi connectivity index (χ1) is 13.1. The molecule has 0 saturated heterocycles. The second kappa shape index (κ2) is 6.96. The van der Waals surface area contributed by atoms with Gasteiger partial charge in [0.25, 0.3) is 5.91 Å². The third-order valence-corrected chi connectivity index (χ3v) is 4.44. The van der Waals surface area contributed by atoms with E-state index in [1.807, 2.05) is 91.2 Å². The van der Waals surface area contributed by atoms with Crippen LogP contribution in [0.2, 0.25) is 0 Å². The molecule has 0 bridgehead atoms. The summed E-state index contributed by atoms with van der Waals surface area (Å²) in [6.07, 6.45) is 1.87. The molecular formula is C22H20N4O. The topological polar surface area (TPSA) is 58.4 Å². The second-order valence-electron chi connectivity index (χ2n) is 6.45. The average molecular weight is 356 g/mol. The van der Waals surface area contributed by atoms with Crippen molar-refractivity contribution >= 4 is 28.6 Å². The summed E-state index contributed by atoms with van der Waals surface area (Å²) < 4.78 is 1.84. The number of rotatable bonds is 4. The number of para-hydroxylation sites is 1. The molecule has 0 fully saturated rings. The molecule has 2 N–H and O–H groups in total. The monoisotopic (exact) mass is 356 g/mol. The summed E-state index contributed by atoms with van der Waals surface area (Å²) in [5, 5.41) is 6.28. The largest absolute Gasteiger partial charge is 0.356 e. The van der Waals surface area contributed by atoms with E-state index in [2.05, 4.69) is 15.6 Å². The first-order valence-electron chi connectivity index (χ1n) is 8.79. The van der Waals surface area contributed by atoms with Crippen LogP contribution >= 0.6 is 0 Å². The van der Waals surface area contributed by atoms with Gasteiger partial charge in [0.1, 0.15) is 11.3 Å². The zero-order valence-electron chi connectivity index (χ0n) is 15.2. The molecule has 0 atom stereocenters. The Balaban J connectivity index is 1.53. The predicted molar refractivity (Wildman–Crippen MR) is 109 cm³/mol. The maximum Gasteiger partial charge on any atom is 0.274 e. The molecule has 134 valence electrons. The normalized spacial score (nSPS) is 10.7. The van der Waals surface area contributed by atoms with Gasteiger partial charge < -0.3 is 10.6 Å². The van der Waals surface area contributed by atoms with Gasteiger partial charge in [-0.25, -0.2) is 4.98 Å². The highest BCUT2D eigenvalue weighted by molar-refractivity contribution is 6.04. The molecule has 0 unspecified atom stereocenters. The molecule has 4 rings (SSSR count). The van der Waals surface area contributed by atoms with Crippen molar-refractivity contribution < 1.29 is 4.79 Å². The van der Waals surface area contributed by atoms with Crippen molar-refractivity contribution in [1.29, 1.82) is 0 Å². The number of hydrogen-bond acceptors (Lipinski definition) is 3. The highest BCUT2D eigenvalue weighted by atomic mass is 16.2. The van der Waals surface area contributed by atoms with Crippen LogP contribution in [0.5, 0.6) is 0 Å². The van der Waals surface area contributed by atoms with Crippen molar-refractivity contribution in [3.8, 4) is 0 Å². The standard InChI is InChI=1S/C22H20N4O/c1-15-7-6-14-26-20(16(2)23-21(15)26)22(27)25-19-12-10-18(11-13-19)24-17-8-4-3-5-9-17/h3-14,24H,1-2H3,(H,25,27). The summed E-state index contributed by atoms with van der Waals surface area (Å²) in [5.74, 6) is -0.172. The zero-order valence-corrected chi connectivity index (χ0v) is 15.2. The fraction of sp³-hybridized carbons (Fsp3) is 0.0909. The van der Waals surface area contributed by atoms with Crippen LogP contribution in [0.25, 0.3) is 5.65 Å². The van der Waals surface area contributed by atoms with E-state index in [4.69, 9.17) is 0 Å². The molecule has 4 aromatic rings. The van der Waals surface area contributed by atoms with Crippen LogP contribution in [0.4, 0.5) is 17.1 Å². The molecule has 27 heavy (non-hydrogen) atoms. The summed E-state index contributed by atoms with van der Waals surface area (Å²) in [6.45, 7) is 3.84. The lowest BCUT2D eigenvalue weighted by molar-refractivity contribution is 0.102. The number of nitrogens with zero attached hydrogens (tertiary/aromatic N) is 2. The second-order valence-corrected chi connectivity index (χ2v) is 6.45. The van der Waals surface area contributed by atoms with Gasteiger partial charge in [-0.3, -0.25) is 9.20 Å². The molecule has 0 aliphatic heterocycles.